The molecule has 0 bridgehead atoms. The highest BCUT2D eigenvalue weighted by atomic mass is 16.3. The van der Waals surface area contributed by atoms with Crippen molar-refractivity contribution in [3.05, 3.63) is 23.7 Å². The zero-order valence-corrected chi connectivity index (χ0v) is 9.53. The maximum absolute atomic E-state index is 10.8. The molecule has 88 valence electrons. The molecule has 1 aromatic heterocycles. The summed E-state index contributed by atoms with van der Waals surface area (Å²) in [5.41, 5.74) is 5.11. The van der Waals surface area contributed by atoms with Crippen LogP contribution in [0.5, 0.6) is 0 Å². The van der Waals surface area contributed by atoms with Crippen LogP contribution in [0.4, 0.5) is 0 Å². The number of hydrogen-bond donors (Lipinski definition) is 2. The zero-order valence-electron chi connectivity index (χ0n) is 9.53. The SMILES string of the molecule is CCC(NCc1ccc(C(N)=O)o1)C1CC1. The fourth-order valence-corrected chi connectivity index (χ4v) is 1.98. The van der Waals surface area contributed by atoms with Crippen LogP contribution in [0.15, 0.2) is 16.5 Å². The lowest BCUT2D eigenvalue weighted by Gasteiger charge is -2.14. The van der Waals surface area contributed by atoms with Gasteiger partial charge in [-0.15, -0.1) is 0 Å². The van der Waals surface area contributed by atoms with Gasteiger partial charge < -0.3 is 15.5 Å². The minimum absolute atomic E-state index is 0.233. The largest absolute Gasteiger partial charge is 0.455 e. The van der Waals surface area contributed by atoms with Crippen LogP contribution < -0.4 is 11.1 Å². The van der Waals surface area contributed by atoms with Gasteiger partial charge in [0, 0.05) is 6.04 Å². The van der Waals surface area contributed by atoms with Crippen LogP contribution in [0.3, 0.4) is 0 Å². The second kappa shape index (κ2) is 4.70. The Balaban J connectivity index is 1.85. The molecule has 1 aliphatic rings. The van der Waals surface area contributed by atoms with E-state index in [1.54, 1.807) is 12.1 Å². The van der Waals surface area contributed by atoms with E-state index in [4.69, 9.17) is 10.2 Å². The summed E-state index contributed by atoms with van der Waals surface area (Å²) in [4.78, 5) is 10.8. The molecule has 4 nitrogen and oxygen atoms in total. The van der Waals surface area contributed by atoms with E-state index in [0.717, 1.165) is 18.1 Å². The normalized spacial score (nSPS) is 17.3. The van der Waals surface area contributed by atoms with Crippen LogP contribution >= 0.6 is 0 Å². The van der Waals surface area contributed by atoms with Gasteiger partial charge in [-0.2, -0.15) is 0 Å². The summed E-state index contributed by atoms with van der Waals surface area (Å²) in [6.45, 7) is 2.86. The summed E-state index contributed by atoms with van der Waals surface area (Å²) in [6.07, 6.45) is 3.79. The molecule has 0 radical (unpaired) electrons. The molecule has 1 saturated carbocycles. The van der Waals surface area contributed by atoms with Gasteiger partial charge in [-0.1, -0.05) is 6.92 Å². The molecule has 0 aliphatic heterocycles. The Morgan fingerprint density at radius 3 is 2.88 bits per heavy atom. The van der Waals surface area contributed by atoms with Gasteiger partial charge in [-0.25, -0.2) is 0 Å². The predicted octanol–water partition coefficient (Wildman–Crippen LogP) is 1.66. The van der Waals surface area contributed by atoms with Gasteiger partial charge in [0.1, 0.15) is 5.76 Å². The van der Waals surface area contributed by atoms with Gasteiger partial charge in [-0.05, 0) is 37.3 Å². The summed E-state index contributed by atoms with van der Waals surface area (Å²) < 4.78 is 5.30. The number of hydrogen-bond acceptors (Lipinski definition) is 3. The topological polar surface area (TPSA) is 68.3 Å². The van der Waals surface area contributed by atoms with Gasteiger partial charge in [0.05, 0.1) is 6.54 Å². The van der Waals surface area contributed by atoms with Crippen LogP contribution in [-0.2, 0) is 6.54 Å². The summed E-state index contributed by atoms with van der Waals surface area (Å²) >= 11 is 0. The molecule has 1 fully saturated rings. The smallest absolute Gasteiger partial charge is 0.284 e. The first-order valence-corrected chi connectivity index (χ1v) is 5.82. The first-order chi connectivity index (χ1) is 7.70. The quantitative estimate of drug-likeness (QED) is 0.769. The molecule has 2 rings (SSSR count). The number of furan rings is 1. The van der Waals surface area contributed by atoms with Gasteiger partial charge in [0.2, 0.25) is 0 Å². The number of amides is 1. The van der Waals surface area contributed by atoms with Crippen LogP contribution in [-0.4, -0.2) is 11.9 Å². The molecule has 3 N–H and O–H groups in total. The molecule has 1 amide bonds. The lowest BCUT2D eigenvalue weighted by atomic mass is 10.1. The standard InChI is InChI=1S/C12H18N2O2/c1-2-10(8-3-4-8)14-7-9-5-6-11(16-9)12(13)15/h5-6,8,10,14H,2-4,7H2,1H3,(H2,13,15). The van der Waals surface area contributed by atoms with Crippen molar-refractivity contribution in [1.29, 1.82) is 0 Å². The fraction of sp³-hybridized carbons (Fsp3) is 0.583. The third kappa shape index (κ3) is 2.64. The van der Waals surface area contributed by atoms with Crippen molar-refractivity contribution in [1.82, 2.24) is 5.32 Å². The van der Waals surface area contributed by atoms with Crippen molar-refractivity contribution in [2.45, 2.75) is 38.8 Å². The van der Waals surface area contributed by atoms with Crippen molar-refractivity contribution in [3.63, 3.8) is 0 Å². The Morgan fingerprint density at radius 2 is 2.38 bits per heavy atom. The first-order valence-electron chi connectivity index (χ1n) is 5.82. The first kappa shape index (κ1) is 11.2. The molecule has 1 aliphatic carbocycles. The molecule has 16 heavy (non-hydrogen) atoms. The second-order valence-electron chi connectivity index (χ2n) is 4.36. The minimum Gasteiger partial charge on any atom is -0.455 e. The lowest BCUT2D eigenvalue weighted by Crippen LogP contribution is -2.29. The molecule has 1 heterocycles. The van der Waals surface area contributed by atoms with Gasteiger partial charge in [0.15, 0.2) is 5.76 Å². The van der Waals surface area contributed by atoms with Crippen molar-refractivity contribution in [3.8, 4) is 0 Å². The average molecular weight is 222 g/mol. The number of nitrogens with two attached hydrogens (primary N) is 1. The van der Waals surface area contributed by atoms with E-state index in [1.165, 1.54) is 12.8 Å². The maximum Gasteiger partial charge on any atom is 0.284 e. The molecule has 4 heteroatoms. The molecule has 1 unspecified atom stereocenters. The molecular formula is C12H18N2O2. The average Bonchev–Trinajstić information content (AvgIpc) is 2.97. The van der Waals surface area contributed by atoms with Crippen LogP contribution in [0.2, 0.25) is 0 Å². The Kier molecular flexibility index (Phi) is 3.29. The summed E-state index contributed by atoms with van der Waals surface area (Å²) in [7, 11) is 0. The Bertz CT molecular complexity index is 369. The van der Waals surface area contributed by atoms with E-state index < -0.39 is 5.91 Å². The Hall–Kier alpha value is -1.29. The van der Waals surface area contributed by atoms with E-state index in [-0.39, 0.29) is 5.76 Å². The number of carbonyl (C=O) groups is 1. The van der Waals surface area contributed by atoms with E-state index in [0.29, 0.717) is 12.6 Å². The Labute approximate surface area is 95.2 Å². The monoisotopic (exact) mass is 222 g/mol. The fourth-order valence-electron chi connectivity index (χ4n) is 1.98. The molecule has 0 saturated heterocycles. The van der Waals surface area contributed by atoms with Crippen molar-refractivity contribution in [2.24, 2.45) is 11.7 Å². The van der Waals surface area contributed by atoms with Gasteiger partial charge in [0.25, 0.3) is 5.91 Å². The van der Waals surface area contributed by atoms with E-state index in [9.17, 15) is 4.79 Å². The number of rotatable bonds is 6. The Morgan fingerprint density at radius 1 is 1.62 bits per heavy atom. The molecule has 0 spiro atoms. The number of primary amides is 1. The summed E-state index contributed by atoms with van der Waals surface area (Å²) in [6, 6.07) is 3.99. The molecule has 1 aromatic rings. The van der Waals surface area contributed by atoms with Crippen LogP contribution in [0.25, 0.3) is 0 Å². The summed E-state index contributed by atoms with van der Waals surface area (Å²) in [5, 5.41) is 3.45. The van der Waals surface area contributed by atoms with Gasteiger partial charge in [-0.3, -0.25) is 4.79 Å². The highest BCUT2D eigenvalue weighted by molar-refractivity contribution is 5.89. The van der Waals surface area contributed by atoms with Crippen molar-refractivity contribution in [2.75, 3.05) is 0 Å². The minimum atomic E-state index is -0.513. The van der Waals surface area contributed by atoms with Crippen molar-refractivity contribution < 1.29 is 9.21 Å². The predicted molar refractivity (Wildman–Crippen MR) is 60.9 cm³/mol. The van der Waals surface area contributed by atoms with Crippen molar-refractivity contribution >= 4 is 5.91 Å². The third-order valence-electron chi connectivity index (χ3n) is 3.07. The number of carbonyl (C=O) groups excluding carboxylic acids is 1. The van der Waals surface area contributed by atoms with E-state index >= 15 is 0 Å². The zero-order chi connectivity index (χ0) is 11.5. The maximum atomic E-state index is 10.8. The van der Waals surface area contributed by atoms with Gasteiger partial charge >= 0.3 is 0 Å². The van der Waals surface area contributed by atoms with Crippen LogP contribution in [0.1, 0.15) is 42.5 Å². The highest BCUT2D eigenvalue weighted by Gasteiger charge is 2.29. The second-order valence-corrected chi connectivity index (χ2v) is 4.36. The molecule has 0 aromatic carbocycles. The third-order valence-corrected chi connectivity index (χ3v) is 3.07. The van der Waals surface area contributed by atoms with E-state index in [1.807, 2.05) is 0 Å². The lowest BCUT2D eigenvalue weighted by molar-refractivity contribution is 0.0972. The van der Waals surface area contributed by atoms with E-state index in [2.05, 4.69) is 12.2 Å². The van der Waals surface area contributed by atoms with Crippen LogP contribution in [0, 0.1) is 5.92 Å². The summed E-state index contributed by atoms with van der Waals surface area (Å²) in [5.74, 6) is 1.32. The number of nitrogens with one attached hydrogen (secondary N) is 1. The molecule has 1 atom stereocenters. The molecular weight excluding hydrogens is 204 g/mol. The highest BCUT2D eigenvalue weighted by Crippen LogP contribution is 2.34.